The number of aromatic nitrogens is 1. The highest BCUT2D eigenvalue weighted by Gasteiger charge is 2.48. The van der Waals surface area contributed by atoms with Gasteiger partial charge in [0.1, 0.15) is 0 Å². The predicted molar refractivity (Wildman–Crippen MR) is 119 cm³/mol. The number of benzene rings is 1. The van der Waals surface area contributed by atoms with Gasteiger partial charge in [-0.2, -0.15) is 0 Å². The molecule has 0 bridgehead atoms. The third kappa shape index (κ3) is 4.52. The van der Waals surface area contributed by atoms with Gasteiger partial charge in [0.05, 0.1) is 12.7 Å². The number of aliphatic hydroxyl groups is 2. The van der Waals surface area contributed by atoms with Gasteiger partial charge in [0.15, 0.2) is 5.76 Å². The van der Waals surface area contributed by atoms with Gasteiger partial charge >= 0.3 is 6.09 Å². The van der Waals surface area contributed by atoms with Crippen molar-refractivity contribution >= 4 is 17.7 Å². The lowest BCUT2D eigenvalue weighted by Gasteiger charge is -2.32. The summed E-state index contributed by atoms with van der Waals surface area (Å²) in [5.41, 5.74) is 5.09. The van der Waals surface area contributed by atoms with E-state index in [4.69, 9.17) is 14.4 Å². The van der Waals surface area contributed by atoms with E-state index in [1.54, 1.807) is 0 Å². The first-order chi connectivity index (χ1) is 14.5. The summed E-state index contributed by atoms with van der Waals surface area (Å²) in [5, 5.41) is 24.1. The second-order valence-corrected chi connectivity index (χ2v) is 9.43. The zero-order valence-electron chi connectivity index (χ0n) is 19.0. The zero-order valence-corrected chi connectivity index (χ0v) is 19.0. The molecule has 2 atom stereocenters. The molecule has 1 aliphatic carbocycles. The van der Waals surface area contributed by atoms with Gasteiger partial charge in [0, 0.05) is 12.6 Å². The van der Waals surface area contributed by atoms with Crippen molar-refractivity contribution in [2.75, 3.05) is 13.2 Å². The van der Waals surface area contributed by atoms with Crippen molar-refractivity contribution in [1.29, 1.82) is 0 Å². The molecule has 31 heavy (non-hydrogen) atoms. The second kappa shape index (κ2) is 8.48. The number of hydrogen-bond acceptors (Lipinski definition) is 6. The van der Waals surface area contributed by atoms with Crippen molar-refractivity contribution in [3.05, 3.63) is 46.7 Å². The number of allylic oxidation sites excluding steroid dienone is 1. The van der Waals surface area contributed by atoms with Gasteiger partial charge in [-0.05, 0) is 57.2 Å². The van der Waals surface area contributed by atoms with Crippen LogP contribution in [0.25, 0.3) is 11.6 Å². The van der Waals surface area contributed by atoms with Crippen molar-refractivity contribution in [3.63, 3.8) is 0 Å². The second-order valence-electron chi connectivity index (χ2n) is 9.43. The quantitative estimate of drug-likeness (QED) is 0.645. The summed E-state index contributed by atoms with van der Waals surface area (Å²) in [6, 6.07) is 8.15. The molecule has 168 valence electrons. The van der Waals surface area contributed by atoms with Crippen LogP contribution in [0.15, 0.2) is 28.8 Å². The standard InChI is InChI=1S/C24H32N2O5/c1-14(9-18-11-21(26-31-18)30-22(29)25-12-17(28)13-27)16-7-8-19-20(10-16)24(5,6)15(2)23(19,3)4/h7-11,15,17,27-28H,12-13H2,1-6H3,(H,25,29)/b14-9+. The number of carbonyl (C=O) groups is 1. The number of ether oxygens (including phenoxy) is 1. The number of fused-ring (bicyclic) bond motifs is 1. The van der Waals surface area contributed by atoms with E-state index < -0.39 is 18.8 Å². The largest absolute Gasteiger partial charge is 0.414 e. The lowest BCUT2D eigenvalue weighted by Crippen LogP contribution is -2.35. The first-order valence-electron chi connectivity index (χ1n) is 10.5. The minimum atomic E-state index is -1.04. The van der Waals surface area contributed by atoms with Crippen molar-refractivity contribution in [1.82, 2.24) is 10.5 Å². The fraction of sp³-hybridized carbons (Fsp3) is 0.500. The van der Waals surface area contributed by atoms with Crippen LogP contribution in [0.1, 0.15) is 64.0 Å². The molecule has 0 fully saturated rings. The third-order valence-electron chi connectivity index (χ3n) is 6.78. The minimum Gasteiger partial charge on any atom is -0.394 e. The summed E-state index contributed by atoms with van der Waals surface area (Å²) in [6.07, 6.45) is 0.0217. The van der Waals surface area contributed by atoms with Crippen LogP contribution in [-0.2, 0) is 10.8 Å². The van der Waals surface area contributed by atoms with E-state index in [2.05, 4.69) is 63.3 Å². The molecule has 3 rings (SSSR count). The molecule has 2 unspecified atom stereocenters. The van der Waals surface area contributed by atoms with Gasteiger partial charge in [0.2, 0.25) is 0 Å². The van der Waals surface area contributed by atoms with Gasteiger partial charge in [0.25, 0.3) is 5.88 Å². The number of nitrogens with one attached hydrogen (secondary N) is 1. The summed E-state index contributed by atoms with van der Waals surface area (Å²) in [5.74, 6) is 0.998. The summed E-state index contributed by atoms with van der Waals surface area (Å²) in [4.78, 5) is 11.7. The van der Waals surface area contributed by atoms with Crippen LogP contribution in [-0.4, -0.2) is 40.7 Å². The fourth-order valence-corrected chi connectivity index (χ4v) is 4.33. The van der Waals surface area contributed by atoms with E-state index in [1.165, 1.54) is 17.2 Å². The van der Waals surface area contributed by atoms with Crippen LogP contribution in [0, 0.1) is 5.92 Å². The Hall–Kier alpha value is -2.64. The van der Waals surface area contributed by atoms with Gasteiger partial charge in [-0.15, -0.1) is 0 Å². The Morgan fingerprint density at radius 1 is 1.26 bits per heavy atom. The monoisotopic (exact) mass is 428 g/mol. The Morgan fingerprint density at radius 3 is 2.61 bits per heavy atom. The van der Waals surface area contributed by atoms with Crippen molar-refractivity contribution in [3.8, 4) is 5.88 Å². The molecule has 3 N–H and O–H groups in total. The molecule has 1 aromatic carbocycles. The molecule has 0 saturated carbocycles. The molecule has 1 heterocycles. The van der Waals surface area contributed by atoms with Gasteiger partial charge < -0.3 is 24.8 Å². The van der Waals surface area contributed by atoms with Crippen molar-refractivity contribution in [2.24, 2.45) is 5.92 Å². The number of aliphatic hydroxyl groups excluding tert-OH is 2. The average molecular weight is 429 g/mol. The SMILES string of the molecule is C/C(=C\c1cc(OC(=O)NCC(O)CO)no1)c1ccc2c(c1)C(C)(C)C(C)C2(C)C. The highest BCUT2D eigenvalue weighted by Crippen LogP contribution is 2.53. The van der Waals surface area contributed by atoms with E-state index in [-0.39, 0.29) is 23.3 Å². The molecule has 1 aliphatic rings. The number of rotatable bonds is 6. The van der Waals surface area contributed by atoms with E-state index in [1.807, 2.05) is 13.0 Å². The van der Waals surface area contributed by atoms with Crippen LogP contribution in [0.2, 0.25) is 0 Å². The molecular weight excluding hydrogens is 396 g/mol. The molecule has 1 aromatic heterocycles. The van der Waals surface area contributed by atoms with Gasteiger partial charge in [-0.3, -0.25) is 0 Å². The summed E-state index contributed by atoms with van der Waals surface area (Å²) in [7, 11) is 0. The van der Waals surface area contributed by atoms with Crippen molar-refractivity contribution < 1.29 is 24.3 Å². The molecule has 0 aliphatic heterocycles. The molecule has 0 spiro atoms. The highest BCUT2D eigenvalue weighted by molar-refractivity contribution is 5.80. The maximum atomic E-state index is 11.7. The third-order valence-corrected chi connectivity index (χ3v) is 6.78. The molecular formula is C24H32N2O5. The molecule has 2 aromatic rings. The van der Waals surface area contributed by atoms with Crippen molar-refractivity contribution in [2.45, 2.75) is 58.5 Å². The lowest BCUT2D eigenvalue weighted by atomic mass is 9.71. The van der Waals surface area contributed by atoms with Gasteiger partial charge in [-0.25, -0.2) is 4.79 Å². The maximum Gasteiger partial charge on any atom is 0.414 e. The zero-order chi connectivity index (χ0) is 23.0. The molecule has 7 heteroatoms. The average Bonchev–Trinajstić information content (AvgIpc) is 3.21. The Balaban J connectivity index is 1.75. The fourth-order valence-electron chi connectivity index (χ4n) is 4.33. The minimum absolute atomic E-state index is 0.0145. The summed E-state index contributed by atoms with van der Waals surface area (Å²) in [6.45, 7) is 13.0. The van der Waals surface area contributed by atoms with Crippen LogP contribution < -0.4 is 10.1 Å². The van der Waals surface area contributed by atoms with Crippen LogP contribution >= 0.6 is 0 Å². The summed E-state index contributed by atoms with van der Waals surface area (Å²) < 4.78 is 10.3. The van der Waals surface area contributed by atoms with E-state index in [9.17, 15) is 9.90 Å². The molecule has 1 amide bonds. The Kier molecular flexibility index (Phi) is 6.30. The summed E-state index contributed by atoms with van der Waals surface area (Å²) >= 11 is 0. The first-order valence-corrected chi connectivity index (χ1v) is 10.5. The van der Waals surface area contributed by atoms with Crippen LogP contribution in [0.4, 0.5) is 4.79 Å². The predicted octanol–water partition coefficient (Wildman–Crippen LogP) is 3.88. The van der Waals surface area contributed by atoms with E-state index >= 15 is 0 Å². The van der Waals surface area contributed by atoms with E-state index in [0.717, 1.165) is 11.1 Å². The van der Waals surface area contributed by atoms with E-state index in [0.29, 0.717) is 11.7 Å². The maximum absolute atomic E-state index is 11.7. The Bertz CT molecular complexity index is 990. The topological polar surface area (TPSA) is 105 Å². The Labute approximate surface area is 183 Å². The Morgan fingerprint density at radius 2 is 1.94 bits per heavy atom. The molecule has 7 nitrogen and oxygen atoms in total. The van der Waals surface area contributed by atoms with Gasteiger partial charge in [-0.1, -0.05) is 52.8 Å². The lowest BCUT2D eigenvalue weighted by molar-refractivity contribution is 0.0934. The van der Waals surface area contributed by atoms with Crippen LogP contribution in [0.5, 0.6) is 5.88 Å². The smallest absolute Gasteiger partial charge is 0.394 e. The number of nitrogens with zero attached hydrogens (tertiary/aromatic N) is 1. The highest BCUT2D eigenvalue weighted by atomic mass is 16.6. The number of carbonyl (C=O) groups excluding carboxylic acids is 1. The number of hydrogen-bond donors (Lipinski definition) is 3. The molecule has 0 radical (unpaired) electrons. The molecule has 0 saturated heterocycles. The normalized spacial score (nSPS) is 20.3. The number of amides is 1. The van der Waals surface area contributed by atoms with Crippen LogP contribution in [0.3, 0.4) is 0 Å². The first kappa shape index (κ1) is 23.0.